The molecule has 3 aliphatic heterocycles. The summed E-state index contributed by atoms with van der Waals surface area (Å²) in [5.41, 5.74) is 2.13. The summed E-state index contributed by atoms with van der Waals surface area (Å²) in [6, 6.07) is 12.2. The first-order chi connectivity index (χ1) is 22.7. The molecule has 0 spiro atoms. The van der Waals surface area contributed by atoms with Crippen molar-refractivity contribution < 1.29 is 38.5 Å². The molecule has 242 valence electrons. The number of nitrogens with zero attached hydrogens (tertiary/aromatic N) is 4. The molecule has 3 heterocycles. The highest BCUT2D eigenvalue weighted by atomic mass is 19.1. The molecular weight excluding hydrogens is 607 g/mol. The number of amides is 1. The maximum atomic E-state index is 15.5. The summed E-state index contributed by atoms with van der Waals surface area (Å²) in [5, 5.41) is 20.2. The number of aliphatic carboxylic acids is 1. The van der Waals surface area contributed by atoms with Crippen molar-refractivity contribution in [3.63, 3.8) is 0 Å². The third-order valence-electron chi connectivity index (χ3n) is 8.91. The number of carboxylic acid groups (broad SMARTS) is 1. The second kappa shape index (κ2) is 13.0. The number of allylic oxidation sites excluding steroid dienone is 2. The van der Waals surface area contributed by atoms with E-state index in [1.807, 2.05) is 35.2 Å². The van der Waals surface area contributed by atoms with E-state index in [-0.39, 0.29) is 59.8 Å². The van der Waals surface area contributed by atoms with Gasteiger partial charge in [-0.2, -0.15) is 0 Å². The van der Waals surface area contributed by atoms with Gasteiger partial charge in [0, 0.05) is 50.2 Å². The number of carboxylic acids is 1. The number of hydrogen-bond acceptors (Lipinski definition) is 9. The van der Waals surface area contributed by atoms with E-state index >= 15 is 4.39 Å². The van der Waals surface area contributed by atoms with Gasteiger partial charge in [-0.1, -0.05) is 30.3 Å². The topological polar surface area (TPSA) is 131 Å². The van der Waals surface area contributed by atoms with Crippen molar-refractivity contribution in [3.05, 3.63) is 100 Å². The molecule has 4 aliphatic rings. The fraction of sp³-hybridized carbons (Fsp3) is 0.314. The lowest BCUT2D eigenvalue weighted by Crippen LogP contribution is -2.50. The first-order valence-corrected chi connectivity index (χ1v) is 15.4. The van der Waals surface area contributed by atoms with Crippen molar-refractivity contribution in [3.8, 4) is 0 Å². The Kier molecular flexibility index (Phi) is 8.72. The first-order valence-electron chi connectivity index (χ1n) is 15.4. The van der Waals surface area contributed by atoms with Gasteiger partial charge in [0.25, 0.3) is 0 Å². The standard InChI is InChI=1S/C35H33FN4O7/c1-22-33(43)24(19-41)9-10-39(22)26(15-23-5-3-2-4-6-23)21-47-35(46)38-13-11-37(12-14-38)32-17-31-27(16-30(32)36)29(20-42)28(34(44)45)18-40(31)25-7-8-25/h2-6,9-10,16-18,25-26,43H,7-8,11-15,21H2,1H3,(H,44,45). The Hall–Kier alpha value is -5.57. The number of halogens is 1. The molecule has 1 unspecified atom stereocenters. The summed E-state index contributed by atoms with van der Waals surface area (Å²) >= 11 is 0. The number of fused-ring (bicyclic) bond motifs is 1. The number of carbonyl (C=O) groups excluding carboxylic acids is 3. The predicted octanol–water partition coefficient (Wildman–Crippen LogP) is 4.24. The quantitative estimate of drug-likeness (QED) is 0.404. The van der Waals surface area contributed by atoms with Crippen LogP contribution in [-0.2, 0) is 25.5 Å². The average Bonchev–Trinajstić information content (AvgIpc) is 3.93. The van der Waals surface area contributed by atoms with Gasteiger partial charge in [-0.15, -0.1) is 0 Å². The third kappa shape index (κ3) is 6.29. The van der Waals surface area contributed by atoms with Gasteiger partial charge in [0.2, 0.25) is 0 Å². The van der Waals surface area contributed by atoms with Crippen LogP contribution in [0.25, 0.3) is 5.57 Å². The van der Waals surface area contributed by atoms with Crippen LogP contribution in [0.3, 0.4) is 0 Å². The summed E-state index contributed by atoms with van der Waals surface area (Å²) in [7, 11) is 0. The SMILES string of the molecule is CC1=C(O)C(=C=O)C=CN1C(COC(=O)N1CCN(c2cc3c(cc2F)C(=C=O)C(C(=O)O)=CN3C2CC2)CC1)Cc1ccccc1. The number of benzene rings is 2. The van der Waals surface area contributed by atoms with Crippen molar-refractivity contribution in [2.24, 2.45) is 0 Å². The average molecular weight is 641 g/mol. The number of piperazine rings is 1. The van der Waals surface area contributed by atoms with Crippen LogP contribution in [0.2, 0.25) is 0 Å². The third-order valence-corrected chi connectivity index (χ3v) is 8.91. The molecule has 0 radical (unpaired) electrons. The van der Waals surface area contributed by atoms with E-state index in [0.717, 1.165) is 18.4 Å². The van der Waals surface area contributed by atoms with Crippen LogP contribution < -0.4 is 9.80 Å². The Bertz CT molecular complexity index is 1790. The van der Waals surface area contributed by atoms with Gasteiger partial charge in [-0.25, -0.2) is 23.6 Å². The molecule has 6 rings (SSSR count). The Morgan fingerprint density at radius 3 is 2.40 bits per heavy atom. The van der Waals surface area contributed by atoms with Crippen LogP contribution >= 0.6 is 0 Å². The van der Waals surface area contributed by atoms with Gasteiger partial charge in [0.05, 0.1) is 34.3 Å². The van der Waals surface area contributed by atoms with Crippen molar-refractivity contribution in [1.29, 1.82) is 0 Å². The molecule has 1 saturated heterocycles. The Morgan fingerprint density at radius 2 is 1.77 bits per heavy atom. The Morgan fingerprint density at radius 1 is 1.04 bits per heavy atom. The first kappa shape index (κ1) is 31.4. The minimum Gasteiger partial charge on any atom is -0.505 e. The van der Waals surface area contributed by atoms with E-state index < -0.39 is 17.9 Å². The maximum Gasteiger partial charge on any atom is 0.409 e. The molecule has 1 amide bonds. The van der Waals surface area contributed by atoms with E-state index in [9.17, 15) is 29.4 Å². The molecule has 12 heteroatoms. The zero-order valence-corrected chi connectivity index (χ0v) is 25.7. The molecule has 2 aromatic carbocycles. The van der Waals surface area contributed by atoms with Crippen LogP contribution in [0.5, 0.6) is 0 Å². The molecule has 0 bridgehead atoms. The fourth-order valence-corrected chi connectivity index (χ4v) is 6.21. The van der Waals surface area contributed by atoms with E-state index in [1.165, 1.54) is 18.3 Å². The van der Waals surface area contributed by atoms with Crippen molar-refractivity contribution in [1.82, 2.24) is 9.80 Å². The number of anilines is 2. The van der Waals surface area contributed by atoms with Crippen LogP contribution in [0, 0.1) is 5.82 Å². The zero-order chi connectivity index (χ0) is 33.2. The lowest BCUT2D eigenvalue weighted by atomic mass is 9.93. The molecule has 1 saturated carbocycles. The minimum atomic E-state index is -1.28. The van der Waals surface area contributed by atoms with Crippen LogP contribution in [0.1, 0.15) is 30.9 Å². The molecular formula is C35H33FN4O7. The highest BCUT2D eigenvalue weighted by Gasteiger charge is 2.37. The largest absolute Gasteiger partial charge is 0.505 e. The Balaban J connectivity index is 1.14. The van der Waals surface area contributed by atoms with Crippen molar-refractivity contribution >= 4 is 40.9 Å². The molecule has 2 aromatic rings. The van der Waals surface area contributed by atoms with Crippen molar-refractivity contribution in [2.75, 3.05) is 42.6 Å². The van der Waals surface area contributed by atoms with E-state index in [2.05, 4.69) is 0 Å². The minimum absolute atomic E-state index is 0.00206. The molecule has 1 atom stereocenters. The Labute approximate surface area is 270 Å². The molecule has 2 fully saturated rings. The second-order valence-corrected chi connectivity index (χ2v) is 11.9. The highest BCUT2D eigenvalue weighted by molar-refractivity contribution is 6.16. The highest BCUT2D eigenvalue weighted by Crippen LogP contribution is 2.44. The molecule has 2 N–H and O–H groups in total. The summed E-state index contributed by atoms with van der Waals surface area (Å²) in [6.07, 6.45) is 6.24. The second-order valence-electron chi connectivity index (χ2n) is 11.9. The molecule has 0 aromatic heterocycles. The molecule has 47 heavy (non-hydrogen) atoms. The number of rotatable bonds is 8. The smallest absolute Gasteiger partial charge is 0.409 e. The molecule has 1 aliphatic carbocycles. The summed E-state index contributed by atoms with van der Waals surface area (Å²) in [6.45, 7) is 2.85. The van der Waals surface area contributed by atoms with Gasteiger partial charge >= 0.3 is 12.1 Å². The number of aliphatic hydroxyl groups is 1. The van der Waals surface area contributed by atoms with Crippen molar-refractivity contribution in [2.45, 2.75) is 38.3 Å². The van der Waals surface area contributed by atoms with Gasteiger partial charge in [-0.3, -0.25) is 0 Å². The lowest BCUT2D eigenvalue weighted by molar-refractivity contribution is -0.132. The summed E-state index contributed by atoms with van der Waals surface area (Å²) in [5.74, 6) is 1.35. The van der Waals surface area contributed by atoms with Gasteiger partial charge < -0.3 is 34.5 Å². The number of ether oxygens (including phenoxy) is 1. The zero-order valence-electron chi connectivity index (χ0n) is 25.7. The van der Waals surface area contributed by atoms with Gasteiger partial charge in [0.1, 0.15) is 29.9 Å². The van der Waals surface area contributed by atoms with Gasteiger partial charge in [0.15, 0.2) is 5.76 Å². The normalized spacial score (nSPS) is 18.4. The summed E-state index contributed by atoms with van der Waals surface area (Å²) in [4.78, 5) is 55.0. The number of carbonyl (C=O) groups is 2. The number of aliphatic hydroxyl groups excluding tert-OH is 1. The monoisotopic (exact) mass is 640 g/mol. The van der Waals surface area contributed by atoms with Crippen LogP contribution in [-0.4, -0.2) is 88.8 Å². The fourth-order valence-electron chi connectivity index (χ4n) is 6.21. The summed E-state index contributed by atoms with van der Waals surface area (Å²) < 4.78 is 21.3. The lowest BCUT2D eigenvalue weighted by Gasteiger charge is -2.38. The maximum absolute atomic E-state index is 15.5. The van der Waals surface area contributed by atoms with Crippen LogP contribution in [0.4, 0.5) is 20.6 Å². The van der Waals surface area contributed by atoms with Gasteiger partial charge in [-0.05, 0) is 50.0 Å². The van der Waals surface area contributed by atoms with E-state index in [4.69, 9.17) is 4.74 Å². The molecule has 11 nitrogen and oxygen atoms in total. The predicted molar refractivity (Wildman–Crippen MR) is 171 cm³/mol. The van der Waals surface area contributed by atoms with Crippen LogP contribution in [0.15, 0.2) is 83.5 Å². The number of hydrogen-bond donors (Lipinski definition) is 2. The van der Waals surface area contributed by atoms with E-state index in [0.29, 0.717) is 36.6 Å². The van der Waals surface area contributed by atoms with E-state index in [1.54, 1.807) is 45.8 Å².